The Morgan fingerprint density at radius 1 is 1.21 bits per heavy atom. The Hall–Kier alpha value is -1.36. The molecule has 1 heterocycles. The summed E-state index contributed by atoms with van der Waals surface area (Å²) in [5, 5.41) is 0. The first-order valence-corrected chi connectivity index (χ1v) is 4.94. The van der Waals surface area contributed by atoms with E-state index >= 15 is 0 Å². The molecule has 0 amide bonds. The van der Waals surface area contributed by atoms with Gasteiger partial charge in [-0.2, -0.15) is 0 Å². The highest BCUT2D eigenvalue weighted by Crippen LogP contribution is 2.32. The highest BCUT2D eigenvalue weighted by atomic mass is 14.7. The molecule has 0 spiro atoms. The van der Waals surface area contributed by atoms with Crippen LogP contribution in [0.25, 0.3) is 4.85 Å². The molecular formula is C12H16N2. The fourth-order valence-electron chi connectivity index (χ4n) is 1.63. The molecule has 0 aliphatic rings. The quantitative estimate of drug-likeness (QED) is 0.644. The van der Waals surface area contributed by atoms with Gasteiger partial charge >= 0.3 is 0 Å². The Morgan fingerprint density at radius 2 is 1.86 bits per heavy atom. The lowest BCUT2D eigenvalue weighted by molar-refractivity contribution is 0.761. The van der Waals surface area contributed by atoms with E-state index in [4.69, 9.17) is 6.57 Å². The third-order valence-electron chi connectivity index (χ3n) is 2.24. The van der Waals surface area contributed by atoms with Crippen LogP contribution in [-0.2, 0) is 0 Å². The molecule has 0 fully saturated rings. The summed E-state index contributed by atoms with van der Waals surface area (Å²) < 4.78 is 0. The van der Waals surface area contributed by atoms with Crippen LogP contribution >= 0.6 is 0 Å². The van der Waals surface area contributed by atoms with Crippen molar-refractivity contribution in [1.29, 1.82) is 0 Å². The first kappa shape index (κ1) is 10.7. The van der Waals surface area contributed by atoms with E-state index in [1.165, 1.54) is 0 Å². The average molecular weight is 188 g/mol. The molecule has 0 N–H and O–H groups in total. The second-order valence-corrected chi connectivity index (χ2v) is 4.05. The van der Waals surface area contributed by atoms with E-state index in [9.17, 15) is 0 Å². The summed E-state index contributed by atoms with van der Waals surface area (Å²) in [6.07, 6.45) is 1.73. The molecule has 0 aliphatic carbocycles. The largest absolute Gasteiger partial charge is 0.263 e. The smallest absolute Gasteiger partial charge is 0.193 e. The summed E-state index contributed by atoms with van der Waals surface area (Å²) in [5.74, 6) is 0.749. The Bertz CT molecular complexity index is 359. The predicted octanol–water partition coefficient (Wildman–Crippen LogP) is 3.88. The molecule has 0 bridgehead atoms. The number of pyridine rings is 1. The van der Waals surface area contributed by atoms with Crippen molar-refractivity contribution in [3.05, 3.63) is 34.9 Å². The van der Waals surface area contributed by atoms with Crippen LogP contribution in [0.2, 0.25) is 0 Å². The van der Waals surface area contributed by atoms with Crippen molar-refractivity contribution in [3.63, 3.8) is 0 Å². The van der Waals surface area contributed by atoms with Gasteiger partial charge in [0.1, 0.15) is 0 Å². The van der Waals surface area contributed by atoms with Gasteiger partial charge in [-0.05, 0) is 23.5 Å². The first-order chi connectivity index (χ1) is 6.57. The topological polar surface area (TPSA) is 17.2 Å². The predicted molar refractivity (Wildman–Crippen MR) is 58.7 cm³/mol. The first-order valence-electron chi connectivity index (χ1n) is 4.94. The van der Waals surface area contributed by atoms with Crippen LogP contribution in [0.3, 0.4) is 0 Å². The second-order valence-electron chi connectivity index (χ2n) is 4.05. The van der Waals surface area contributed by atoms with Crippen molar-refractivity contribution < 1.29 is 0 Å². The molecule has 0 saturated carbocycles. The minimum atomic E-state index is 0.366. The van der Waals surface area contributed by atoms with Crippen LogP contribution in [0.5, 0.6) is 0 Å². The third-order valence-corrected chi connectivity index (χ3v) is 2.24. The summed E-state index contributed by atoms with van der Waals surface area (Å²) in [4.78, 5) is 7.91. The van der Waals surface area contributed by atoms with Crippen molar-refractivity contribution in [2.24, 2.45) is 0 Å². The molecule has 0 aliphatic heterocycles. The van der Waals surface area contributed by atoms with Gasteiger partial charge < -0.3 is 0 Å². The lowest BCUT2D eigenvalue weighted by atomic mass is 9.94. The van der Waals surface area contributed by atoms with Gasteiger partial charge in [0.05, 0.1) is 6.57 Å². The Kier molecular flexibility index (Phi) is 3.24. The molecule has 1 aromatic heterocycles. The maximum Gasteiger partial charge on any atom is 0.193 e. The van der Waals surface area contributed by atoms with Crippen LogP contribution in [-0.4, -0.2) is 4.98 Å². The lowest BCUT2D eigenvalue weighted by Gasteiger charge is -2.15. The summed E-state index contributed by atoms with van der Waals surface area (Å²) in [6, 6.07) is 1.80. The second kappa shape index (κ2) is 4.23. The van der Waals surface area contributed by atoms with Crippen molar-refractivity contribution in [2.45, 2.75) is 39.5 Å². The van der Waals surface area contributed by atoms with Crippen molar-refractivity contribution in [1.82, 2.24) is 4.98 Å². The van der Waals surface area contributed by atoms with E-state index in [0.717, 1.165) is 16.9 Å². The highest BCUT2D eigenvalue weighted by molar-refractivity contribution is 5.55. The monoisotopic (exact) mass is 188 g/mol. The number of rotatable bonds is 2. The van der Waals surface area contributed by atoms with Gasteiger partial charge in [0, 0.05) is 11.9 Å². The molecule has 0 aromatic carbocycles. The van der Waals surface area contributed by atoms with Crippen LogP contribution in [0, 0.1) is 6.57 Å². The van der Waals surface area contributed by atoms with E-state index < -0.39 is 0 Å². The molecule has 14 heavy (non-hydrogen) atoms. The minimum Gasteiger partial charge on any atom is -0.263 e. The summed E-state index contributed by atoms with van der Waals surface area (Å²) in [6.45, 7) is 15.6. The van der Waals surface area contributed by atoms with Gasteiger partial charge in [-0.25, -0.2) is 4.85 Å². The van der Waals surface area contributed by atoms with E-state index in [1.807, 2.05) is 0 Å². The minimum absolute atomic E-state index is 0.366. The van der Waals surface area contributed by atoms with Crippen molar-refractivity contribution in [2.75, 3.05) is 0 Å². The van der Waals surface area contributed by atoms with Gasteiger partial charge in [0.25, 0.3) is 0 Å². The maximum atomic E-state index is 7.11. The fraction of sp³-hybridized carbons (Fsp3) is 0.500. The van der Waals surface area contributed by atoms with Gasteiger partial charge in [-0.15, -0.1) is 0 Å². The van der Waals surface area contributed by atoms with Gasteiger partial charge in [-0.1, -0.05) is 27.7 Å². The molecule has 1 rings (SSSR count). The average Bonchev–Trinajstić information content (AvgIpc) is 2.16. The highest BCUT2D eigenvalue weighted by Gasteiger charge is 2.15. The van der Waals surface area contributed by atoms with E-state index in [1.54, 1.807) is 12.3 Å². The summed E-state index contributed by atoms with van der Waals surface area (Å²) >= 11 is 0. The molecule has 0 unspecified atom stereocenters. The number of aromatic nitrogens is 1. The molecule has 74 valence electrons. The molecule has 0 saturated heterocycles. The Balaban J connectivity index is 3.38. The SMILES string of the molecule is [C-]#[N+]c1ccnc(C(C)C)c1C(C)C. The molecule has 2 heteroatoms. The molecular weight excluding hydrogens is 172 g/mol. The van der Waals surface area contributed by atoms with Crippen LogP contribution in [0.4, 0.5) is 5.69 Å². The van der Waals surface area contributed by atoms with Gasteiger partial charge in [-0.3, -0.25) is 4.98 Å². The maximum absolute atomic E-state index is 7.11. The molecule has 1 aromatic rings. The van der Waals surface area contributed by atoms with E-state index in [0.29, 0.717) is 11.8 Å². The molecule has 0 atom stereocenters. The normalized spacial score (nSPS) is 10.6. The van der Waals surface area contributed by atoms with Gasteiger partial charge in [0.15, 0.2) is 5.69 Å². The third kappa shape index (κ3) is 1.93. The zero-order valence-electron chi connectivity index (χ0n) is 9.20. The van der Waals surface area contributed by atoms with Crippen molar-refractivity contribution >= 4 is 5.69 Å². The Labute approximate surface area is 85.8 Å². The van der Waals surface area contributed by atoms with Crippen LogP contribution in [0.1, 0.15) is 50.8 Å². The Morgan fingerprint density at radius 3 is 2.29 bits per heavy atom. The number of hydrogen-bond donors (Lipinski definition) is 0. The van der Waals surface area contributed by atoms with Crippen LogP contribution < -0.4 is 0 Å². The number of hydrogen-bond acceptors (Lipinski definition) is 1. The van der Waals surface area contributed by atoms with E-state index in [2.05, 4.69) is 37.5 Å². The van der Waals surface area contributed by atoms with E-state index in [-0.39, 0.29) is 0 Å². The zero-order chi connectivity index (χ0) is 10.7. The molecule has 0 radical (unpaired) electrons. The summed E-state index contributed by atoms with van der Waals surface area (Å²) in [5.41, 5.74) is 2.92. The van der Waals surface area contributed by atoms with Gasteiger partial charge in [0.2, 0.25) is 0 Å². The van der Waals surface area contributed by atoms with Crippen LogP contribution in [0.15, 0.2) is 12.3 Å². The van der Waals surface area contributed by atoms with Crippen molar-refractivity contribution in [3.8, 4) is 0 Å². The molecule has 2 nitrogen and oxygen atoms in total. The lowest BCUT2D eigenvalue weighted by Crippen LogP contribution is -2.01. The standard InChI is InChI=1S/C12H16N2/c1-8(2)11-10(13-5)6-7-14-12(11)9(3)4/h6-9H,1-4H3. The fourth-order valence-corrected chi connectivity index (χ4v) is 1.63. The zero-order valence-corrected chi connectivity index (χ0v) is 9.20. The summed E-state index contributed by atoms with van der Waals surface area (Å²) in [7, 11) is 0. The number of nitrogens with zero attached hydrogens (tertiary/aromatic N) is 2.